The number of esters is 1. The van der Waals surface area contributed by atoms with Crippen molar-refractivity contribution in [2.75, 3.05) is 13.7 Å². The summed E-state index contributed by atoms with van der Waals surface area (Å²) in [5, 5.41) is 3.13. The van der Waals surface area contributed by atoms with E-state index in [0.717, 1.165) is 21.3 Å². The zero-order valence-corrected chi connectivity index (χ0v) is 19.2. The monoisotopic (exact) mass is 446 g/mol. The molecule has 0 fully saturated rings. The lowest BCUT2D eigenvalue weighted by molar-refractivity contribution is -0.147. The van der Waals surface area contributed by atoms with Crippen LogP contribution in [0.4, 0.5) is 0 Å². The van der Waals surface area contributed by atoms with E-state index in [0.29, 0.717) is 19.5 Å². The number of rotatable bonds is 9. The van der Waals surface area contributed by atoms with Gasteiger partial charge in [-0.3, -0.25) is 4.79 Å². The number of carbonyl (C=O) groups is 1. The number of sulfonamides is 1. The summed E-state index contributed by atoms with van der Waals surface area (Å²) in [5.74, 6) is -0.383. The van der Waals surface area contributed by atoms with Crippen LogP contribution in [0.25, 0.3) is 6.08 Å². The molecule has 1 aliphatic rings. The lowest BCUT2D eigenvalue weighted by Gasteiger charge is -2.27. The number of carbonyl (C=O) groups excluding carboxylic acids is 1. The summed E-state index contributed by atoms with van der Waals surface area (Å²) < 4.78 is 34.6. The minimum atomic E-state index is -3.85. The first-order valence-corrected chi connectivity index (χ1v) is 11.9. The van der Waals surface area contributed by atoms with Crippen LogP contribution in [-0.4, -0.2) is 47.9 Å². The van der Waals surface area contributed by atoms with Gasteiger partial charge in [0, 0.05) is 13.6 Å². The highest BCUT2D eigenvalue weighted by molar-refractivity contribution is 7.89. The Balaban J connectivity index is 1.79. The third-order valence-electron chi connectivity index (χ3n) is 5.23. The van der Waals surface area contributed by atoms with E-state index in [9.17, 15) is 13.2 Å². The molecule has 0 spiro atoms. The zero-order valence-electron chi connectivity index (χ0n) is 18.4. The SMILES string of the molecule is CCOC(=O)[C@H](CC(C)C)N(C)S(=O)(=O)c1ccc(Cn2cnc3c2C=CNC3)cc1. The predicted octanol–water partition coefficient (Wildman–Crippen LogP) is 2.60. The number of benzene rings is 1. The van der Waals surface area contributed by atoms with Crippen molar-refractivity contribution >= 4 is 22.1 Å². The molecule has 3 rings (SSSR count). The maximum atomic E-state index is 13.2. The molecule has 8 nitrogen and oxygen atoms in total. The molecule has 2 aromatic rings. The predicted molar refractivity (Wildman–Crippen MR) is 118 cm³/mol. The van der Waals surface area contributed by atoms with Crippen molar-refractivity contribution in [3.05, 3.63) is 53.7 Å². The molecule has 1 atom stereocenters. The minimum absolute atomic E-state index is 0.139. The fraction of sp³-hybridized carbons (Fsp3) is 0.455. The van der Waals surface area contributed by atoms with Gasteiger partial charge in [0.15, 0.2) is 0 Å². The molecule has 2 heterocycles. The van der Waals surface area contributed by atoms with E-state index in [1.807, 2.05) is 30.7 Å². The molecule has 0 radical (unpaired) electrons. The highest BCUT2D eigenvalue weighted by Gasteiger charge is 2.34. The molecule has 31 heavy (non-hydrogen) atoms. The Kier molecular flexibility index (Phi) is 7.17. The molecule has 1 aromatic carbocycles. The Morgan fingerprint density at radius 3 is 2.65 bits per heavy atom. The summed E-state index contributed by atoms with van der Waals surface area (Å²) in [6.45, 7) is 7.09. The van der Waals surface area contributed by atoms with Gasteiger partial charge in [0.05, 0.1) is 35.8 Å². The van der Waals surface area contributed by atoms with E-state index in [4.69, 9.17) is 4.74 Å². The average molecular weight is 447 g/mol. The lowest BCUT2D eigenvalue weighted by Crippen LogP contribution is -2.44. The molecule has 0 amide bonds. The summed E-state index contributed by atoms with van der Waals surface area (Å²) >= 11 is 0. The van der Waals surface area contributed by atoms with Gasteiger partial charge in [-0.1, -0.05) is 26.0 Å². The van der Waals surface area contributed by atoms with E-state index in [-0.39, 0.29) is 17.4 Å². The van der Waals surface area contributed by atoms with Crippen molar-refractivity contribution in [2.45, 2.75) is 51.2 Å². The smallest absolute Gasteiger partial charge is 0.324 e. The quantitative estimate of drug-likeness (QED) is 0.595. The van der Waals surface area contributed by atoms with Crippen molar-refractivity contribution in [1.29, 1.82) is 0 Å². The second-order valence-electron chi connectivity index (χ2n) is 7.98. The van der Waals surface area contributed by atoms with Crippen LogP contribution in [0.15, 0.2) is 41.7 Å². The number of ether oxygens (including phenoxy) is 1. The van der Waals surface area contributed by atoms with Crippen LogP contribution in [0.5, 0.6) is 0 Å². The molecule has 0 unspecified atom stereocenters. The third kappa shape index (κ3) is 5.16. The molecule has 0 saturated heterocycles. The highest BCUT2D eigenvalue weighted by atomic mass is 32.2. The Morgan fingerprint density at radius 1 is 1.29 bits per heavy atom. The van der Waals surface area contributed by atoms with Crippen LogP contribution in [-0.2, 0) is 32.6 Å². The van der Waals surface area contributed by atoms with Crippen molar-refractivity contribution in [2.24, 2.45) is 5.92 Å². The van der Waals surface area contributed by atoms with Gasteiger partial charge in [-0.05, 0) is 49.2 Å². The van der Waals surface area contributed by atoms with Gasteiger partial charge in [0.25, 0.3) is 0 Å². The van der Waals surface area contributed by atoms with E-state index in [1.54, 1.807) is 37.5 Å². The number of nitrogens with one attached hydrogen (secondary N) is 1. The first-order valence-electron chi connectivity index (χ1n) is 10.4. The van der Waals surface area contributed by atoms with Crippen molar-refractivity contribution in [1.82, 2.24) is 19.2 Å². The van der Waals surface area contributed by atoms with E-state index >= 15 is 0 Å². The number of nitrogens with zero attached hydrogens (tertiary/aromatic N) is 3. The molecule has 0 saturated carbocycles. The van der Waals surface area contributed by atoms with Gasteiger partial charge in [-0.2, -0.15) is 4.31 Å². The van der Waals surface area contributed by atoms with Gasteiger partial charge in [0.2, 0.25) is 10.0 Å². The maximum Gasteiger partial charge on any atom is 0.324 e. The first-order chi connectivity index (χ1) is 14.7. The Morgan fingerprint density at radius 2 is 2.00 bits per heavy atom. The van der Waals surface area contributed by atoms with Gasteiger partial charge >= 0.3 is 5.97 Å². The molecular weight excluding hydrogens is 416 g/mol. The van der Waals surface area contributed by atoms with E-state index in [2.05, 4.69) is 10.3 Å². The van der Waals surface area contributed by atoms with Gasteiger partial charge in [-0.25, -0.2) is 13.4 Å². The summed E-state index contributed by atoms with van der Waals surface area (Å²) in [4.78, 5) is 17.0. The van der Waals surface area contributed by atoms with Gasteiger partial charge in [0.1, 0.15) is 6.04 Å². The molecular formula is C22H30N4O4S. The summed E-state index contributed by atoms with van der Waals surface area (Å²) in [5.41, 5.74) is 2.98. The zero-order chi connectivity index (χ0) is 22.6. The van der Waals surface area contributed by atoms with Crippen LogP contribution in [0.3, 0.4) is 0 Å². The van der Waals surface area contributed by atoms with E-state index < -0.39 is 22.0 Å². The number of likely N-dealkylation sites (N-methyl/N-ethyl adjacent to an activating group) is 1. The third-order valence-corrected chi connectivity index (χ3v) is 7.11. The van der Waals surface area contributed by atoms with Crippen molar-refractivity contribution in [3.63, 3.8) is 0 Å². The van der Waals surface area contributed by atoms with Crippen molar-refractivity contribution < 1.29 is 17.9 Å². The van der Waals surface area contributed by atoms with Gasteiger partial charge < -0.3 is 14.6 Å². The minimum Gasteiger partial charge on any atom is -0.465 e. The van der Waals surface area contributed by atoms with Crippen LogP contribution in [0, 0.1) is 5.92 Å². The Hall–Kier alpha value is -2.65. The Bertz CT molecular complexity index is 1040. The standard InChI is InChI=1S/C22H30N4O4S/c1-5-30-22(27)21(12-16(2)3)25(4)31(28,29)18-8-6-17(7-9-18)14-26-15-24-19-13-23-11-10-20(19)26/h6-11,15-16,21,23H,5,12-14H2,1-4H3/t21-/m0/s1. The molecule has 1 N–H and O–H groups in total. The topological polar surface area (TPSA) is 93.5 Å². The number of hydrogen-bond acceptors (Lipinski definition) is 6. The number of hydrogen-bond donors (Lipinski definition) is 1. The van der Waals surface area contributed by atoms with Crippen LogP contribution in [0.2, 0.25) is 0 Å². The fourth-order valence-electron chi connectivity index (χ4n) is 3.56. The van der Waals surface area contributed by atoms with Crippen LogP contribution >= 0.6 is 0 Å². The van der Waals surface area contributed by atoms with Gasteiger partial charge in [-0.15, -0.1) is 0 Å². The summed E-state index contributed by atoms with van der Waals surface area (Å²) in [7, 11) is -2.41. The summed E-state index contributed by atoms with van der Waals surface area (Å²) in [6, 6.07) is 5.89. The largest absolute Gasteiger partial charge is 0.465 e. The molecule has 0 aliphatic carbocycles. The maximum absolute atomic E-state index is 13.2. The lowest BCUT2D eigenvalue weighted by atomic mass is 10.0. The number of imidazole rings is 1. The molecule has 0 bridgehead atoms. The van der Waals surface area contributed by atoms with Crippen molar-refractivity contribution in [3.8, 4) is 0 Å². The second-order valence-corrected chi connectivity index (χ2v) is 9.98. The Labute approximate surface area is 184 Å². The van der Waals surface area contributed by atoms with Crippen LogP contribution in [0.1, 0.15) is 44.1 Å². The molecule has 1 aliphatic heterocycles. The first kappa shape index (κ1) is 23.0. The molecule has 1 aromatic heterocycles. The number of aromatic nitrogens is 2. The number of fused-ring (bicyclic) bond motifs is 1. The molecule has 9 heteroatoms. The normalized spacial score (nSPS) is 14.4. The second kappa shape index (κ2) is 9.65. The van der Waals surface area contributed by atoms with Crippen LogP contribution < -0.4 is 5.32 Å². The average Bonchev–Trinajstić information content (AvgIpc) is 3.15. The fourth-order valence-corrected chi connectivity index (χ4v) is 4.88. The highest BCUT2D eigenvalue weighted by Crippen LogP contribution is 2.22. The summed E-state index contributed by atoms with van der Waals surface area (Å²) in [6.07, 6.45) is 6.05. The van der Waals surface area contributed by atoms with E-state index in [1.165, 1.54) is 7.05 Å². The molecule has 168 valence electrons.